The largest absolute Gasteiger partial charge is 0.422 e. The molecule has 2 aromatic carbocycles. The fourth-order valence-corrected chi connectivity index (χ4v) is 8.99. The number of amides is 2. The van der Waals surface area contributed by atoms with E-state index in [0.29, 0.717) is 11.3 Å². The van der Waals surface area contributed by atoms with E-state index in [2.05, 4.69) is 0 Å². The molecule has 4 atom stereocenters. The number of fused-ring (bicyclic) bond motifs is 1. The van der Waals surface area contributed by atoms with Gasteiger partial charge in [0.1, 0.15) is 10.6 Å². The van der Waals surface area contributed by atoms with Crippen LogP contribution < -0.4 is 9.64 Å². The summed E-state index contributed by atoms with van der Waals surface area (Å²) in [5.74, 6) is -20.3. The number of imide groups is 1. The van der Waals surface area contributed by atoms with Crippen LogP contribution in [0.2, 0.25) is 4.34 Å². The lowest BCUT2D eigenvalue weighted by Crippen LogP contribution is -2.48. The summed E-state index contributed by atoms with van der Waals surface area (Å²) in [7, 11) is 0. The van der Waals surface area contributed by atoms with Crippen LogP contribution in [0, 0.1) is 32.3 Å². The minimum absolute atomic E-state index is 0.0257. The summed E-state index contributed by atoms with van der Waals surface area (Å²) in [6.45, 7) is 8.30. The van der Waals surface area contributed by atoms with E-state index < -0.39 is 81.9 Å². The Morgan fingerprint density at radius 2 is 1.42 bits per heavy atom. The highest BCUT2D eigenvalue weighted by molar-refractivity contribution is 7.16. The van der Waals surface area contributed by atoms with Gasteiger partial charge in [0.05, 0.1) is 34.1 Å². The van der Waals surface area contributed by atoms with E-state index in [4.69, 9.17) is 27.7 Å². The first-order chi connectivity index (χ1) is 25.0. The van der Waals surface area contributed by atoms with Gasteiger partial charge in [0.25, 0.3) is 0 Å². The number of aryl methyl sites for hydroxylation is 2. The Hall–Kier alpha value is -4.50. The van der Waals surface area contributed by atoms with Crippen LogP contribution in [0.3, 0.4) is 0 Å². The van der Waals surface area contributed by atoms with Crippen molar-refractivity contribution in [3.05, 3.63) is 121 Å². The molecule has 0 N–H and O–H groups in total. The topological polar surface area (TPSA) is 72.9 Å². The van der Waals surface area contributed by atoms with Crippen molar-refractivity contribution in [2.24, 2.45) is 11.8 Å². The lowest BCUT2D eigenvalue weighted by atomic mass is 9.89. The lowest BCUT2D eigenvalue weighted by Gasteiger charge is -2.25. The van der Waals surface area contributed by atoms with Crippen molar-refractivity contribution < 1.29 is 50.2 Å². The van der Waals surface area contributed by atoms with Gasteiger partial charge in [-0.25, -0.2) is 9.69 Å². The van der Waals surface area contributed by atoms with E-state index in [1.54, 1.807) is 12.2 Å². The number of thiophene rings is 2. The summed E-state index contributed by atoms with van der Waals surface area (Å²) in [5, 5.41) is 0. The van der Waals surface area contributed by atoms with E-state index in [-0.39, 0.29) is 30.4 Å². The molecule has 2 saturated heterocycles. The minimum atomic E-state index is -5.78. The number of anilines is 1. The van der Waals surface area contributed by atoms with Gasteiger partial charge in [0, 0.05) is 20.9 Å². The van der Waals surface area contributed by atoms with Crippen molar-refractivity contribution in [3.8, 4) is 5.75 Å². The zero-order valence-corrected chi connectivity index (χ0v) is 29.8. The van der Waals surface area contributed by atoms with Gasteiger partial charge >= 0.3 is 23.7 Å². The molecule has 2 fully saturated rings. The van der Waals surface area contributed by atoms with Gasteiger partial charge < -0.3 is 9.47 Å². The molecule has 15 heteroatoms. The Labute approximate surface area is 311 Å². The lowest BCUT2D eigenvalue weighted by molar-refractivity contribution is -0.254. The van der Waals surface area contributed by atoms with Crippen LogP contribution >= 0.6 is 34.3 Å². The number of hydrogen-bond donors (Lipinski definition) is 0. The Morgan fingerprint density at radius 1 is 0.849 bits per heavy atom. The molecule has 0 saturated carbocycles. The molecule has 0 spiro atoms. The SMILES string of the molecule is [CH]=CC1OC(/C=C/c2ccccc2)C2C(=O)N(c3ccc(OC(=O)c4cc(C5=C(c6cc(Cl)sc6C)C(F)(F)C(F)(F)C5(F)F)c(C)s4)cc3)C(=O)C12. The molecule has 1 radical (unpaired) electrons. The highest BCUT2D eigenvalue weighted by Gasteiger charge is 2.80. The number of benzene rings is 2. The average Bonchev–Trinajstić information content (AvgIpc) is 3.86. The Balaban J connectivity index is 1.13. The molecule has 6 nitrogen and oxygen atoms in total. The molecule has 2 aromatic heterocycles. The number of rotatable bonds is 8. The van der Waals surface area contributed by atoms with Crippen LogP contribution in [-0.2, 0) is 14.3 Å². The van der Waals surface area contributed by atoms with Gasteiger partial charge in [-0.1, -0.05) is 66.7 Å². The molecule has 2 amide bonds. The van der Waals surface area contributed by atoms with Crippen molar-refractivity contribution in [3.63, 3.8) is 0 Å². The third-order valence-electron chi connectivity index (χ3n) is 9.41. The summed E-state index contributed by atoms with van der Waals surface area (Å²) in [6.07, 6.45) is 3.14. The molecule has 0 bridgehead atoms. The van der Waals surface area contributed by atoms with Gasteiger partial charge in [-0.3, -0.25) is 9.59 Å². The second-order valence-corrected chi connectivity index (χ2v) is 15.7. The third kappa shape index (κ3) is 5.77. The molecule has 7 rings (SSSR count). The molecular weight excluding hydrogens is 764 g/mol. The maximum atomic E-state index is 15.3. The van der Waals surface area contributed by atoms with Crippen LogP contribution in [0.15, 0.2) is 78.9 Å². The molecule has 3 aliphatic rings. The smallest absolute Gasteiger partial charge is 0.380 e. The highest BCUT2D eigenvalue weighted by Crippen LogP contribution is 2.66. The first-order valence-electron chi connectivity index (χ1n) is 15.9. The number of nitrogens with zero attached hydrogens (tertiary/aromatic N) is 1. The summed E-state index contributed by atoms with van der Waals surface area (Å²) in [4.78, 5) is 40.9. The van der Waals surface area contributed by atoms with Gasteiger partial charge in [-0.15, -0.1) is 22.7 Å². The van der Waals surface area contributed by atoms with Crippen LogP contribution in [-0.4, -0.2) is 47.8 Å². The highest BCUT2D eigenvalue weighted by atomic mass is 35.5. The Morgan fingerprint density at radius 3 is 1.98 bits per heavy atom. The summed E-state index contributed by atoms with van der Waals surface area (Å²) < 4.78 is 102. The van der Waals surface area contributed by atoms with Crippen LogP contribution in [0.1, 0.15) is 36.1 Å². The fourth-order valence-electron chi connectivity index (χ4n) is 6.89. The number of allylic oxidation sites excluding steroid dienone is 2. The molecular formula is C38H25ClF6NO5S2. The quantitative estimate of drug-likeness (QED) is 0.0770. The normalized spacial score (nSPS) is 24.4. The second-order valence-electron chi connectivity index (χ2n) is 12.5. The predicted molar refractivity (Wildman–Crippen MR) is 189 cm³/mol. The minimum Gasteiger partial charge on any atom is -0.422 e. The number of carbonyl (C=O) groups is 3. The molecule has 53 heavy (non-hydrogen) atoms. The third-order valence-corrected chi connectivity index (χ3v) is 11.6. The van der Waals surface area contributed by atoms with Crippen molar-refractivity contribution in [2.45, 2.75) is 43.8 Å². The van der Waals surface area contributed by atoms with E-state index in [9.17, 15) is 23.2 Å². The zero-order chi connectivity index (χ0) is 38.2. The van der Waals surface area contributed by atoms with Crippen molar-refractivity contribution >= 4 is 75.0 Å². The number of hydrogen-bond acceptors (Lipinski definition) is 7. The molecule has 4 aromatic rings. The van der Waals surface area contributed by atoms with E-state index in [1.807, 2.05) is 30.3 Å². The maximum Gasteiger partial charge on any atom is 0.380 e. The van der Waals surface area contributed by atoms with Crippen LogP contribution in [0.5, 0.6) is 5.75 Å². The van der Waals surface area contributed by atoms with Gasteiger partial charge in [-0.05, 0) is 66.9 Å². The standard InChI is InChI=1S/C38H25ClF6NO5S2/c1-4-25-29-30(26(51-25)15-10-20-8-6-5-7-9-20)34(48)46(33(29)47)21-11-13-22(14-12-21)50-35(49)27-16-23(18(2)52-27)31-32(24-17-28(39)53-19(24)3)37(42,43)38(44,45)36(31,40)41/h1,4-17,25-26,29-30H,2-3H3/b4-1?,15-10+. The molecule has 1 aliphatic carbocycles. The predicted octanol–water partition coefficient (Wildman–Crippen LogP) is 9.70. The fraction of sp³-hybridized carbons (Fsp3) is 0.237. The number of alkyl halides is 6. The Bertz CT molecular complexity index is 2230. The van der Waals surface area contributed by atoms with E-state index in [0.717, 1.165) is 33.9 Å². The molecule has 273 valence electrons. The molecule has 4 heterocycles. The maximum absolute atomic E-state index is 15.3. The molecule has 2 aliphatic heterocycles. The second kappa shape index (κ2) is 13.1. The van der Waals surface area contributed by atoms with Gasteiger partial charge in [-0.2, -0.15) is 26.3 Å². The van der Waals surface area contributed by atoms with Gasteiger partial charge in [0.2, 0.25) is 11.8 Å². The number of ether oxygens (including phenoxy) is 2. The summed E-state index contributed by atoms with van der Waals surface area (Å²) in [6, 6.07) is 16.3. The van der Waals surface area contributed by atoms with Crippen molar-refractivity contribution in [2.75, 3.05) is 4.90 Å². The van der Waals surface area contributed by atoms with Crippen LogP contribution in [0.4, 0.5) is 32.0 Å². The van der Waals surface area contributed by atoms with Gasteiger partial charge in [0.15, 0.2) is 0 Å². The number of carbonyl (C=O) groups excluding carboxylic acids is 3. The van der Waals surface area contributed by atoms with Crippen molar-refractivity contribution in [1.82, 2.24) is 0 Å². The van der Waals surface area contributed by atoms with E-state index in [1.165, 1.54) is 44.2 Å². The first-order valence-corrected chi connectivity index (χ1v) is 17.9. The zero-order valence-electron chi connectivity index (χ0n) is 27.4. The number of halogens is 7. The summed E-state index contributed by atoms with van der Waals surface area (Å²) in [5.41, 5.74) is -3.36. The average molecular weight is 789 g/mol. The first kappa shape index (κ1) is 36.8. The summed E-state index contributed by atoms with van der Waals surface area (Å²) >= 11 is 7.28. The van der Waals surface area contributed by atoms with Crippen molar-refractivity contribution in [1.29, 1.82) is 0 Å². The Kier molecular flexibility index (Phi) is 9.12. The number of esters is 1. The van der Waals surface area contributed by atoms with E-state index >= 15 is 17.6 Å². The van der Waals surface area contributed by atoms with Crippen LogP contribution in [0.25, 0.3) is 17.2 Å². The molecule has 4 unspecified atom stereocenters. The monoisotopic (exact) mass is 788 g/mol.